The van der Waals surface area contributed by atoms with E-state index in [1.54, 1.807) is 6.07 Å². The number of hydrogen-bond acceptors (Lipinski definition) is 6. The lowest BCUT2D eigenvalue weighted by atomic mass is 9.88. The van der Waals surface area contributed by atoms with Crippen LogP contribution in [0.2, 0.25) is 0 Å². The summed E-state index contributed by atoms with van der Waals surface area (Å²) in [5, 5.41) is 4.14. The molecule has 210 valence electrons. The van der Waals surface area contributed by atoms with Gasteiger partial charge in [-0.2, -0.15) is 0 Å². The van der Waals surface area contributed by atoms with Crippen molar-refractivity contribution >= 4 is 18.3 Å². The largest absolute Gasteiger partial charge is 0.456 e. The zero-order valence-electron chi connectivity index (χ0n) is 23.2. The molecule has 8 nitrogen and oxygen atoms in total. The van der Waals surface area contributed by atoms with Crippen LogP contribution in [0, 0.1) is 0 Å². The lowest BCUT2D eigenvalue weighted by molar-refractivity contribution is -0.228. The van der Waals surface area contributed by atoms with Gasteiger partial charge < -0.3 is 14.8 Å². The standard InChI is InChI=1S/C32H36N2O6/c1-31(2,3)40-29(36)28-12-8-7-11-27(28)26-15-13-24(14-16-26)21-33-30(37)32(17-19-38-20-18-32)34(23-35)39-22-25-9-5-4-6-10-25/h4-16,23H,17-22H2,1-3H3,(H,33,37). The van der Waals surface area contributed by atoms with Gasteiger partial charge in [-0.3, -0.25) is 14.4 Å². The molecule has 0 aliphatic carbocycles. The van der Waals surface area contributed by atoms with E-state index in [0.29, 0.717) is 38.0 Å². The third-order valence-electron chi connectivity index (χ3n) is 6.74. The lowest BCUT2D eigenvalue weighted by Gasteiger charge is -2.41. The third-order valence-corrected chi connectivity index (χ3v) is 6.74. The normalized spacial score (nSPS) is 14.7. The van der Waals surface area contributed by atoms with E-state index in [1.165, 1.54) is 0 Å². The van der Waals surface area contributed by atoms with Gasteiger partial charge in [0, 0.05) is 32.6 Å². The molecule has 2 amide bonds. The topological polar surface area (TPSA) is 94.2 Å². The second kappa shape index (κ2) is 12.9. The molecule has 0 saturated carbocycles. The van der Waals surface area contributed by atoms with Crippen LogP contribution in [0.5, 0.6) is 0 Å². The molecule has 0 aromatic heterocycles. The molecule has 3 aromatic carbocycles. The molecule has 1 saturated heterocycles. The zero-order valence-corrected chi connectivity index (χ0v) is 23.2. The average Bonchev–Trinajstić information content (AvgIpc) is 2.96. The highest BCUT2D eigenvalue weighted by atomic mass is 16.7. The van der Waals surface area contributed by atoms with Crippen LogP contribution in [-0.4, -0.2) is 47.7 Å². The first-order valence-corrected chi connectivity index (χ1v) is 13.4. The fourth-order valence-corrected chi connectivity index (χ4v) is 4.62. The molecule has 1 fully saturated rings. The monoisotopic (exact) mass is 544 g/mol. The van der Waals surface area contributed by atoms with Crippen molar-refractivity contribution in [2.24, 2.45) is 0 Å². The van der Waals surface area contributed by atoms with E-state index in [-0.39, 0.29) is 25.0 Å². The Kier molecular flexibility index (Phi) is 9.34. The summed E-state index contributed by atoms with van der Waals surface area (Å²) < 4.78 is 11.1. The van der Waals surface area contributed by atoms with Crippen molar-refractivity contribution in [2.75, 3.05) is 13.2 Å². The number of amides is 2. The summed E-state index contributed by atoms with van der Waals surface area (Å²) in [6.45, 7) is 6.64. The zero-order chi connectivity index (χ0) is 28.6. The number of benzene rings is 3. The van der Waals surface area contributed by atoms with Gasteiger partial charge in [-0.25, -0.2) is 9.86 Å². The van der Waals surface area contributed by atoms with Crippen LogP contribution in [0.25, 0.3) is 11.1 Å². The predicted molar refractivity (Wildman–Crippen MR) is 151 cm³/mol. The number of ether oxygens (including phenoxy) is 2. The van der Waals surface area contributed by atoms with Gasteiger partial charge in [0.1, 0.15) is 12.2 Å². The van der Waals surface area contributed by atoms with E-state index in [0.717, 1.165) is 27.3 Å². The van der Waals surface area contributed by atoms with E-state index < -0.39 is 11.1 Å². The minimum Gasteiger partial charge on any atom is -0.456 e. The van der Waals surface area contributed by atoms with Crippen molar-refractivity contribution in [3.05, 3.63) is 95.6 Å². The minimum absolute atomic E-state index is 0.168. The molecule has 0 bridgehead atoms. The van der Waals surface area contributed by atoms with Crippen LogP contribution < -0.4 is 5.32 Å². The number of hydroxylamine groups is 2. The maximum atomic E-state index is 13.5. The Hall–Kier alpha value is -4.01. The number of esters is 1. The quantitative estimate of drug-likeness (QED) is 0.218. The van der Waals surface area contributed by atoms with Gasteiger partial charge in [-0.15, -0.1) is 0 Å². The van der Waals surface area contributed by atoms with E-state index in [2.05, 4.69) is 5.32 Å². The summed E-state index contributed by atoms with van der Waals surface area (Å²) in [5.74, 6) is -0.675. The van der Waals surface area contributed by atoms with Gasteiger partial charge in [0.25, 0.3) is 0 Å². The highest BCUT2D eigenvalue weighted by Crippen LogP contribution is 2.29. The predicted octanol–water partition coefficient (Wildman–Crippen LogP) is 5.06. The first-order valence-electron chi connectivity index (χ1n) is 13.4. The molecular formula is C32H36N2O6. The van der Waals surface area contributed by atoms with Gasteiger partial charge in [-0.05, 0) is 49.1 Å². The lowest BCUT2D eigenvalue weighted by Crippen LogP contribution is -2.60. The van der Waals surface area contributed by atoms with Gasteiger partial charge in [0.2, 0.25) is 12.3 Å². The summed E-state index contributed by atoms with van der Waals surface area (Å²) >= 11 is 0. The Morgan fingerprint density at radius 1 is 0.925 bits per heavy atom. The average molecular weight is 545 g/mol. The van der Waals surface area contributed by atoms with Crippen molar-refractivity contribution in [2.45, 2.75) is 57.9 Å². The second-order valence-corrected chi connectivity index (χ2v) is 10.8. The molecule has 0 spiro atoms. The van der Waals surface area contributed by atoms with Gasteiger partial charge in [0.05, 0.1) is 5.56 Å². The molecule has 3 aromatic rings. The first kappa shape index (κ1) is 29.0. The summed E-state index contributed by atoms with van der Waals surface area (Å²) in [6, 6.07) is 24.4. The van der Waals surface area contributed by atoms with Crippen molar-refractivity contribution in [1.82, 2.24) is 10.4 Å². The molecule has 1 N–H and O–H groups in total. The Bertz CT molecular complexity index is 1290. The van der Waals surface area contributed by atoms with E-state index in [1.807, 2.05) is 93.6 Å². The summed E-state index contributed by atoms with van der Waals surface area (Å²) in [7, 11) is 0. The maximum absolute atomic E-state index is 13.5. The Morgan fingerprint density at radius 2 is 1.57 bits per heavy atom. The van der Waals surface area contributed by atoms with Gasteiger partial charge >= 0.3 is 5.97 Å². The Balaban J connectivity index is 1.45. The third kappa shape index (κ3) is 7.14. The Labute approximate surface area is 235 Å². The first-order chi connectivity index (χ1) is 19.2. The summed E-state index contributed by atoms with van der Waals surface area (Å²) in [6.07, 6.45) is 1.23. The van der Waals surface area contributed by atoms with Crippen LogP contribution in [0.15, 0.2) is 78.9 Å². The smallest absolute Gasteiger partial charge is 0.339 e. The van der Waals surface area contributed by atoms with E-state index in [9.17, 15) is 14.4 Å². The molecule has 0 radical (unpaired) electrons. The fourth-order valence-electron chi connectivity index (χ4n) is 4.62. The van der Waals surface area contributed by atoms with Gasteiger partial charge in [-0.1, -0.05) is 72.8 Å². The molecule has 8 heteroatoms. The highest BCUT2D eigenvalue weighted by Gasteiger charge is 2.46. The Morgan fingerprint density at radius 3 is 2.23 bits per heavy atom. The molecule has 1 heterocycles. The van der Waals surface area contributed by atoms with Crippen LogP contribution >= 0.6 is 0 Å². The highest BCUT2D eigenvalue weighted by molar-refractivity contribution is 5.97. The van der Waals surface area contributed by atoms with Gasteiger partial charge in [0.15, 0.2) is 5.54 Å². The maximum Gasteiger partial charge on any atom is 0.339 e. The number of rotatable bonds is 10. The van der Waals surface area contributed by atoms with E-state index in [4.69, 9.17) is 14.3 Å². The SMILES string of the molecule is CC(C)(C)OC(=O)c1ccccc1-c1ccc(CNC(=O)C2(N(C=O)OCc3ccccc3)CCOCC2)cc1. The number of carbonyl (C=O) groups is 3. The van der Waals surface area contributed by atoms with Crippen molar-refractivity contribution in [3.8, 4) is 11.1 Å². The van der Waals surface area contributed by atoms with Crippen molar-refractivity contribution in [3.63, 3.8) is 0 Å². The molecule has 1 aliphatic rings. The minimum atomic E-state index is -1.17. The number of nitrogens with one attached hydrogen (secondary N) is 1. The molecular weight excluding hydrogens is 508 g/mol. The second-order valence-electron chi connectivity index (χ2n) is 10.8. The van der Waals surface area contributed by atoms with E-state index >= 15 is 0 Å². The molecule has 0 unspecified atom stereocenters. The number of carbonyl (C=O) groups excluding carboxylic acids is 3. The number of nitrogens with zero attached hydrogens (tertiary/aromatic N) is 1. The molecule has 1 aliphatic heterocycles. The molecule has 0 atom stereocenters. The fraction of sp³-hybridized carbons (Fsp3) is 0.344. The molecule has 4 rings (SSSR count). The van der Waals surface area contributed by atoms with Crippen molar-refractivity contribution < 1.29 is 28.7 Å². The van der Waals surface area contributed by atoms with Crippen LogP contribution in [0.1, 0.15) is 55.1 Å². The molecule has 40 heavy (non-hydrogen) atoms. The summed E-state index contributed by atoms with van der Waals surface area (Å²) in [5.41, 5.74) is 2.12. The van der Waals surface area contributed by atoms with Crippen LogP contribution in [0.3, 0.4) is 0 Å². The van der Waals surface area contributed by atoms with Crippen LogP contribution in [-0.2, 0) is 37.1 Å². The van der Waals surface area contributed by atoms with Crippen molar-refractivity contribution in [1.29, 1.82) is 0 Å². The number of hydrogen-bond donors (Lipinski definition) is 1. The van der Waals surface area contributed by atoms with Crippen LogP contribution in [0.4, 0.5) is 0 Å². The summed E-state index contributed by atoms with van der Waals surface area (Å²) in [4.78, 5) is 44.2.